The molecule has 0 spiro atoms. The lowest BCUT2D eigenvalue weighted by Gasteiger charge is -2.14. The minimum atomic E-state index is -0.133. The van der Waals surface area contributed by atoms with Crippen LogP contribution in [0.3, 0.4) is 0 Å². The fraction of sp³-hybridized carbons (Fsp3) is 0.318. The Balaban J connectivity index is 1.50. The van der Waals surface area contributed by atoms with Gasteiger partial charge in [0.15, 0.2) is 0 Å². The van der Waals surface area contributed by atoms with Crippen LogP contribution in [0.1, 0.15) is 34.6 Å². The van der Waals surface area contributed by atoms with E-state index < -0.39 is 0 Å². The zero-order valence-electron chi connectivity index (χ0n) is 16.2. The second kappa shape index (κ2) is 7.46. The van der Waals surface area contributed by atoms with Crippen molar-refractivity contribution in [3.05, 3.63) is 59.4 Å². The third kappa shape index (κ3) is 3.63. The molecule has 28 heavy (non-hydrogen) atoms. The summed E-state index contributed by atoms with van der Waals surface area (Å²) in [5, 5.41) is 2.95. The Morgan fingerprint density at radius 1 is 1.21 bits per heavy atom. The van der Waals surface area contributed by atoms with Crippen LogP contribution in [0.5, 0.6) is 0 Å². The Morgan fingerprint density at radius 2 is 2.07 bits per heavy atom. The van der Waals surface area contributed by atoms with Crippen molar-refractivity contribution in [1.82, 2.24) is 14.5 Å². The number of nitrogens with one attached hydrogen (secondary N) is 1. The first-order chi connectivity index (χ1) is 13.5. The number of imidazole rings is 1. The molecule has 0 saturated carbocycles. The molecule has 0 unspecified atom stereocenters. The number of likely N-dealkylation sites (tertiary alicyclic amines) is 1. The van der Waals surface area contributed by atoms with Crippen LogP contribution >= 0.6 is 0 Å². The molecule has 1 aliphatic heterocycles. The number of nitrogens with zero attached hydrogens (tertiary/aromatic N) is 3. The third-order valence-electron chi connectivity index (χ3n) is 5.29. The zero-order valence-corrected chi connectivity index (χ0v) is 16.2. The van der Waals surface area contributed by atoms with Gasteiger partial charge in [-0.3, -0.25) is 9.59 Å². The summed E-state index contributed by atoms with van der Waals surface area (Å²) >= 11 is 0. The lowest BCUT2D eigenvalue weighted by atomic mass is 10.1. The van der Waals surface area contributed by atoms with Gasteiger partial charge in [0, 0.05) is 44.2 Å². The average molecular weight is 376 g/mol. The Morgan fingerprint density at radius 3 is 2.82 bits per heavy atom. The molecule has 0 atom stereocenters. The summed E-state index contributed by atoms with van der Waals surface area (Å²) in [6.45, 7) is 3.51. The quantitative estimate of drug-likeness (QED) is 0.743. The van der Waals surface area contributed by atoms with E-state index in [0.29, 0.717) is 18.5 Å². The predicted molar refractivity (Wildman–Crippen MR) is 109 cm³/mol. The van der Waals surface area contributed by atoms with Crippen molar-refractivity contribution in [3.8, 4) is 0 Å². The molecule has 0 aliphatic carbocycles. The molecule has 1 fully saturated rings. The Hall–Kier alpha value is -3.15. The van der Waals surface area contributed by atoms with E-state index in [-0.39, 0.29) is 11.8 Å². The molecule has 2 amide bonds. The first-order valence-electron chi connectivity index (χ1n) is 9.62. The molecule has 6 heteroatoms. The summed E-state index contributed by atoms with van der Waals surface area (Å²) in [5.41, 5.74) is 4.26. The predicted octanol–water partition coefficient (Wildman–Crippen LogP) is 3.30. The normalized spacial score (nSPS) is 14.1. The Kier molecular flexibility index (Phi) is 4.86. The number of anilines is 1. The molecule has 1 saturated heterocycles. The number of carbonyl (C=O) groups excluding carboxylic acids is 2. The second-order valence-electron chi connectivity index (χ2n) is 7.35. The van der Waals surface area contributed by atoms with E-state index >= 15 is 0 Å². The molecule has 1 N–H and O–H groups in total. The number of aromatic nitrogens is 2. The molecule has 0 bridgehead atoms. The Labute approximate surface area is 164 Å². The van der Waals surface area contributed by atoms with E-state index in [1.54, 1.807) is 6.07 Å². The number of aryl methyl sites for hydroxylation is 2. The molecule has 2 heterocycles. The maximum Gasteiger partial charge on any atom is 0.255 e. The smallest absolute Gasteiger partial charge is 0.255 e. The van der Waals surface area contributed by atoms with Crippen LogP contribution in [-0.4, -0.2) is 39.4 Å². The van der Waals surface area contributed by atoms with Gasteiger partial charge >= 0.3 is 0 Å². The number of carbonyl (C=O) groups is 2. The van der Waals surface area contributed by atoms with Gasteiger partial charge in [0.1, 0.15) is 5.82 Å². The minimum Gasteiger partial charge on any atom is -0.342 e. The SMILES string of the molecule is Cc1cccc(C(=O)Nc2ccc3c(c2)nc(CCN2CCCC2=O)n3C)c1. The van der Waals surface area contributed by atoms with Gasteiger partial charge in [0.2, 0.25) is 5.91 Å². The zero-order chi connectivity index (χ0) is 19.7. The molecule has 6 nitrogen and oxygen atoms in total. The standard InChI is InChI=1S/C22H24N4O2/c1-15-5-3-6-16(13-15)22(28)23-17-8-9-19-18(14-17)24-20(25(19)2)10-12-26-11-4-7-21(26)27/h3,5-6,8-9,13-14H,4,7,10-12H2,1-2H3,(H,23,28). The Bertz CT molecular complexity index is 1050. The van der Waals surface area contributed by atoms with Gasteiger partial charge in [-0.1, -0.05) is 17.7 Å². The lowest BCUT2D eigenvalue weighted by Crippen LogP contribution is -2.27. The van der Waals surface area contributed by atoms with E-state index in [9.17, 15) is 9.59 Å². The molecule has 1 aromatic heterocycles. The van der Waals surface area contributed by atoms with Crippen molar-refractivity contribution >= 4 is 28.5 Å². The van der Waals surface area contributed by atoms with Crippen molar-refractivity contribution in [3.63, 3.8) is 0 Å². The topological polar surface area (TPSA) is 67.2 Å². The van der Waals surface area contributed by atoms with Gasteiger partial charge in [0.25, 0.3) is 5.91 Å². The summed E-state index contributed by atoms with van der Waals surface area (Å²) < 4.78 is 2.06. The summed E-state index contributed by atoms with van der Waals surface area (Å²) in [7, 11) is 1.99. The number of hydrogen-bond acceptors (Lipinski definition) is 3. The molecule has 1 aliphatic rings. The van der Waals surface area contributed by atoms with Crippen molar-refractivity contribution in [2.75, 3.05) is 18.4 Å². The van der Waals surface area contributed by atoms with Crippen LogP contribution in [-0.2, 0) is 18.3 Å². The molecule has 4 rings (SSSR count). The van der Waals surface area contributed by atoms with Gasteiger partial charge < -0.3 is 14.8 Å². The maximum atomic E-state index is 12.5. The van der Waals surface area contributed by atoms with Crippen molar-refractivity contribution in [1.29, 1.82) is 0 Å². The molecule has 144 valence electrons. The average Bonchev–Trinajstić information content (AvgIpc) is 3.22. The molecule has 2 aromatic carbocycles. The molecule has 3 aromatic rings. The molecular weight excluding hydrogens is 352 g/mol. The summed E-state index contributed by atoms with van der Waals surface area (Å²) in [6.07, 6.45) is 2.33. The van der Waals surface area contributed by atoms with E-state index in [4.69, 9.17) is 4.98 Å². The number of benzene rings is 2. The van der Waals surface area contributed by atoms with Gasteiger partial charge in [-0.15, -0.1) is 0 Å². The van der Waals surface area contributed by atoms with Crippen LogP contribution in [0.4, 0.5) is 5.69 Å². The van der Waals surface area contributed by atoms with Crippen LogP contribution in [0.15, 0.2) is 42.5 Å². The number of fused-ring (bicyclic) bond motifs is 1. The highest BCUT2D eigenvalue weighted by atomic mass is 16.2. The lowest BCUT2D eigenvalue weighted by molar-refractivity contribution is -0.127. The molecular formula is C22H24N4O2. The van der Waals surface area contributed by atoms with Gasteiger partial charge in [-0.2, -0.15) is 0 Å². The highest BCUT2D eigenvalue weighted by Crippen LogP contribution is 2.21. The number of rotatable bonds is 5. The summed E-state index contributed by atoms with van der Waals surface area (Å²) in [5.74, 6) is 1.04. The van der Waals surface area contributed by atoms with E-state index in [0.717, 1.165) is 47.5 Å². The number of amides is 2. The van der Waals surface area contributed by atoms with Gasteiger partial charge in [0.05, 0.1) is 11.0 Å². The summed E-state index contributed by atoms with van der Waals surface area (Å²) in [4.78, 5) is 30.9. The van der Waals surface area contributed by atoms with Crippen LogP contribution in [0, 0.1) is 6.92 Å². The first kappa shape index (κ1) is 18.2. The van der Waals surface area contributed by atoms with Crippen LogP contribution in [0.2, 0.25) is 0 Å². The van der Waals surface area contributed by atoms with Crippen molar-refractivity contribution in [2.45, 2.75) is 26.2 Å². The third-order valence-corrected chi connectivity index (χ3v) is 5.29. The van der Waals surface area contributed by atoms with Gasteiger partial charge in [-0.25, -0.2) is 4.98 Å². The fourth-order valence-electron chi connectivity index (χ4n) is 3.72. The molecule has 0 radical (unpaired) electrons. The first-order valence-corrected chi connectivity index (χ1v) is 9.62. The van der Waals surface area contributed by atoms with Crippen molar-refractivity contribution < 1.29 is 9.59 Å². The minimum absolute atomic E-state index is 0.133. The van der Waals surface area contributed by atoms with Crippen molar-refractivity contribution in [2.24, 2.45) is 7.05 Å². The van der Waals surface area contributed by atoms with Crippen LogP contribution < -0.4 is 5.32 Å². The number of hydrogen-bond donors (Lipinski definition) is 1. The maximum absolute atomic E-state index is 12.5. The second-order valence-corrected chi connectivity index (χ2v) is 7.35. The van der Waals surface area contributed by atoms with E-state index in [1.807, 2.05) is 55.3 Å². The fourth-order valence-corrected chi connectivity index (χ4v) is 3.72. The van der Waals surface area contributed by atoms with Crippen LogP contribution in [0.25, 0.3) is 11.0 Å². The largest absolute Gasteiger partial charge is 0.342 e. The highest BCUT2D eigenvalue weighted by Gasteiger charge is 2.20. The van der Waals surface area contributed by atoms with E-state index in [2.05, 4.69) is 9.88 Å². The monoisotopic (exact) mass is 376 g/mol. The highest BCUT2D eigenvalue weighted by molar-refractivity contribution is 6.05. The van der Waals surface area contributed by atoms with Gasteiger partial charge in [-0.05, 0) is 43.7 Å². The van der Waals surface area contributed by atoms with E-state index in [1.165, 1.54) is 0 Å². The summed E-state index contributed by atoms with van der Waals surface area (Å²) in [6, 6.07) is 13.3.